The average Bonchev–Trinajstić information content (AvgIpc) is 2.07. The highest BCUT2D eigenvalue weighted by Crippen LogP contribution is 2.07. The molecule has 0 saturated carbocycles. The zero-order valence-electron chi connectivity index (χ0n) is 6.10. The first-order valence-electron chi connectivity index (χ1n) is 3.41. The van der Waals surface area contributed by atoms with Gasteiger partial charge in [0.2, 0.25) is 0 Å². The van der Waals surface area contributed by atoms with Crippen LogP contribution in [0.15, 0.2) is 42.7 Å². The minimum absolute atomic E-state index is 0.00678. The van der Waals surface area contributed by atoms with Gasteiger partial charge in [0.25, 0.3) is 0 Å². The molecule has 0 radical (unpaired) electrons. The summed E-state index contributed by atoms with van der Waals surface area (Å²) in [5, 5.41) is 8.38. The third kappa shape index (κ3) is 2.87. The van der Waals surface area contributed by atoms with E-state index in [4.69, 9.17) is 9.84 Å². The molecule has 0 bridgehead atoms. The smallest absolute Gasteiger partial charge is 0.126 e. The fourth-order valence-corrected chi connectivity index (χ4v) is 0.669. The van der Waals surface area contributed by atoms with E-state index >= 15 is 0 Å². The van der Waals surface area contributed by atoms with E-state index in [0.29, 0.717) is 0 Å². The second-order valence-electron chi connectivity index (χ2n) is 1.99. The molecule has 0 fully saturated rings. The van der Waals surface area contributed by atoms with Crippen LogP contribution in [0.25, 0.3) is 0 Å². The summed E-state index contributed by atoms with van der Waals surface area (Å²) in [5.74, 6) is 0.775. The third-order valence-electron chi connectivity index (χ3n) is 1.15. The van der Waals surface area contributed by atoms with Crippen LogP contribution in [-0.2, 0) is 0 Å². The normalized spacial score (nSPS) is 10.3. The fraction of sp³-hybridized carbons (Fsp3) is 0.111. The minimum atomic E-state index is 0.00678. The maximum Gasteiger partial charge on any atom is 0.126 e. The van der Waals surface area contributed by atoms with Crippen molar-refractivity contribution < 1.29 is 9.84 Å². The lowest BCUT2D eigenvalue weighted by molar-refractivity contribution is 0.338. The van der Waals surface area contributed by atoms with Crippen molar-refractivity contribution in [3.63, 3.8) is 0 Å². The molecule has 2 heteroatoms. The number of ether oxygens (including phenoxy) is 1. The first-order valence-corrected chi connectivity index (χ1v) is 3.41. The molecular weight excluding hydrogens is 140 g/mol. The van der Waals surface area contributed by atoms with Gasteiger partial charge in [-0.3, -0.25) is 0 Å². The molecule has 1 aromatic carbocycles. The van der Waals surface area contributed by atoms with Crippen molar-refractivity contribution in [3.05, 3.63) is 42.7 Å². The van der Waals surface area contributed by atoms with Gasteiger partial charge in [0.05, 0.1) is 12.9 Å². The Morgan fingerprint density at radius 3 is 2.64 bits per heavy atom. The molecule has 0 heterocycles. The van der Waals surface area contributed by atoms with E-state index in [0.717, 1.165) is 5.75 Å². The second kappa shape index (κ2) is 4.52. The number of rotatable bonds is 3. The molecule has 0 unspecified atom stereocenters. The summed E-state index contributed by atoms with van der Waals surface area (Å²) >= 11 is 0. The van der Waals surface area contributed by atoms with Crippen LogP contribution in [0, 0.1) is 0 Å². The van der Waals surface area contributed by atoms with Gasteiger partial charge in [-0.2, -0.15) is 0 Å². The van der Waals surface area contributed by atoms with Gasteiger partial charge >= 0.3 is 0 Å². The fourth-order valence-electron chi connectivity index (χ4n) is 0.669. The number of para-hydroxylation sites is 1. The predicted molar refractivity (Wildman–Crippen MR) is 43.3 cm³/mol. The van der Waals surface area contributed by atoms with Gasteiger partial charge in [-0.1, -0.05) is 18.2 Å². The van der Waals surface area contributed by atoms with Crippen LogP contribution in [-0.4, -0.2) is 11.7 Å². The molecule has 1 aromatic rings. The van der Waals surface area contributed by atoms with Crippen molar-refractivity contribution in [1.29, 1.82) is 0 Å². The molecule has 0 aliphatic rings. The van der Waals surface area contributed by atoms with Crippen LogP contribution >= 0.6 is 0 Å². The molecule has 0 saturated heterocycles. The van der Waals surface area contributed by atoms with E-state index in [1.54, 1.807) is 0 Å². The zero-order valence-corrected chi connectivity index (χ0v) is 6.10. The molecule has 0 atom stereocenters. The maximum absolute atomic E-state index is 8.38. The van der Waals surface area contributed by atoms with Crippen molar-refractivity contribution in [2.75, 3.05) is 6.61 Å². The van der Waals surface area contributed by atoms with Crippen LogP contribution in [0.1, 0.15) is 0 Å². The lowest BCUT2D eigenvalue weighted by Gasteiger charge is -1.96. The van der Waals surface area contributed by atoms with Gasteiger partial charge in [-0.25, -0.2) is 0 Å². The maximum atomic E-state index is 8.38. The Morgan fingerprint density at radius 1 is 1.27 bits per heavy atom. The Labute approximate surface area is 65.7 Å². The van der Waals surface area contributed by atoms with E-state index < -0.39 is 0 Å². The molecule has 2 nitrogen and oxygen atoms in total. The molecule has 11 heavy (non-hydrogen) atoms. The summed E-state index contributed by atoms with van der Waals surface area (Å²) in [6.45, 7) is 0.00678. The van der Waals surface area contributed by atoms with Crippen LogP contribution in [0.3, 0.4) is 0 Å². The summed E-state index contributed by atoms with van der Waals surface area (Å²) in [4.78, 5) is 0. The largest absolute Gasteiger partial charge is 0.465 e. The number of hydrogen-bond acceptors (Lipinski definition) is 2. The lowest BCUT2D eigenvalue weighted by atomic mass is 10.3. The van der Waals surface area contributed by atoms with Crippen molar-refractivity contribution in [2.24, 2.45) is 0 Å². The van der Waals surface area contributed by atoms with Gasteiger partial charge in [-0.05, 0) is 18.2 Å². The number of aliphatic hydroxyl groups is 1. The highest BCUT2D eigenvalue weighted by Gasteiger charge is 1.83. The average molecular weight is 150 g/mol. The van der Waals surface area contributed by atoms with Gasteiger partial charge in [-0.15, -0.1) is 0 Å². The van der Waals surface area contributed by atoms with Crippen molar-refractivity contribution in [3.8, 4) is 5.75 Å². The molecule has 1 rings (SSSR count). The summed E-state index contributed by atoms with van der Waals surface area (Å²) in [6, 6.07) is 9.40. The Hall–Kier alpha value is -1.28. The van der Waals surface area contributed by atoms with Gasteiger partial charge in [0.1, 0.15) is 5.75 Å². The van der Waals surface area contributed by atoms with E-state index in [2.05, 4.69) is 0 Å². The third-order valence-corrected chi connectivity index (χ3v) is 1.15. The molecule has 0 aromatic heterocycles. The summed E-state index contributed by atoms with van der Waals surface area (Å²) in [5.41, 5.74) is 0. The van der Waals surface area contributed by atoms with Crippen LogP contribution in [0.4, 0.5) is 0 Å². The van der Waals surface area contributed by atoms with Crippen LogP contribution in [0.5, 0.6) is 5.75 Å². The van der Waals surface area contributed by atoms with Gasteiger partial charge in [0, 0.05) is 0 Å². The number of hydrogen-bond donors (Lipinski definition) is 1. The van der Waals surface area contributed by atoms with E-state index in [1.807, 2.05) is 30.3 Å². The van der Waals surface area contributed by atoms with Crippen molar-refractivity contribution in [1.82, 2.24) is 0 Å². The quantitative estimate of drug-likeness (QED) is 0.663. The number of aliphatic hydroxyl groups excluding tert-OH is 1. The molecule has 1 N–H and O–H groups in total. The van der Waals surface area contributed by atoms with Crippen molar-refractivity contribution in [2.45, 2.75) is 0 Å². The van der Waals surface area contributed by atoms with E-state index in [9.17, 15) is 0 Å². The highest BCUT2D eigenvalue weighted by atomic mass is 16.5. The monoisotopic (exact) mass is 150 g/mol. The van der Waals surface area contributed by atoms with Gasteiger partial charge in [0.15, 0.2) is 0 Å². The highest BCUT2D eigenvalue weighted by molar-refractivity contribution is 5.21. The van der Waals surface area contributed by atoms with Crippen LogP contribution in [0.2, 0.25) is 0 Å². The predicted octanol–water partition coefficient (Wildman–Crippen LogP) is 1.57. The summed E-state index contributed by atoms with van der Waals surface area (Å²) < 4.78 is 5.11. The Kier molecular flexibility index (Phi) is 3.22. The van der Waals surface area contributed by atoms with Crippen LogP contribution < -0.4 is 4.74 Å². The summed E-state index contributed by atoms with van der Waals surface area (Å²) in [7, 11) is 0. The molecule has 0 aliphatic heterocycles. The first-order chi connectivity index (χ1) is 5.43. The molecular formula is C9H10O2. The molecule has 58 valence electrons. The Balaban J connectivity index is 2.45. The SMILES string of the molecule is OC/C=C/Oc1ccccc1. The van der Waals surface area contributed by atoms with E-state index in [1.165, 1.54) is 12.3 Å². The van der Waals surface area contributed by atoms with Crippen molar-refractivity contribution >= 4 is 0 Å². The van der Waals surface area contributed by atoms with Gasteiger partial charge < -0.3 is 9.84 Å². The number of benzene rings is 1. The summed E-state index contributed by atoms with van der Waals surface area (Å²) in [6.07, 6.45) is 3.00. The standard InChI is InChI=1S/C9H10O2/c10-7-4-8-11-9-5-2-1-3-6-9/h1-6,8,10H,7H2/b8-4+. The first kappa shape index (κ1) is 7.82. The Bertz CT molecular complexity index is 216. The lowest BCUT2D eigenvalue weighted by Crippen LogP contribution is -1.81. The molecule has 0 spiro atoms. The Morgan fingerprint density at radius 2 is 2.00 bits per heavy atom. The second-order valence-corrected chi connectivity index (χ2v) is 1.99. The molecule has 0 amide bonds. The molecule has 0 aliphatic carbocycles. The van der Waals surface area contributed by atoms with E-state index in [-0.39, 0.29) is 6.61 Å². The zero-order chi connectivity index (χ0) is 7.94. The minimum Gasteiger partial charge on any atom is -0.465 e. The topological polar surface area (TPSA) is 29.5 Å².